The molecule has 39 heavy (non-hydrogen) atoms. The molecule has 0 aliphatic carbocycles. The first-order valence-corrected chi connectivity index (χ1v) is 12.8. The molecule has 3 aromatic rings. The molecule has 2 atom stereocenters. The molecule has 1 fully saturated rings. The van der Waals surface area contributed by atoms with Crippen LogP contribution in [0, 0.1) is 5.82 Å². The Balaban J connectivity index is 1.67. The van der Waals surface area contributed by atoms with Crippen molar-refractivity contribution in [3.63, 3.8) is 0 Å². The number of rotatable bonds is 5. The molecular formula is C29H34FN5O4. The topological polar surface area (TPSA) is 86.2 Å². The molecule has 3 amide bonds. The maximum atomic E-state index is 14.0. The van der Waals surface area contributed by atoms with E-state index in [4.69, 9.17) is 0 Å². The summed E-state index contributed by atoms with van der Waals surface area (Å²) < 4.78 is 14.7. The zero-order valence-electron chi connectivity index (χ0n) is 23.1. The number of hydrogen-bond donors (Lipinski definition) is 0. The van der Waals surface area contributed by atoms with Gasteiger partial charge in [-0.15, -0.1) is 0 Å². The monoisotopic (exact) mass is 535 g/mol. The Morgan fingerprint density at radius 3 is 2.18 bits per heavy atom. The van der Waals surface area contributed by atoms with Gasteiger partial charge in [-0.2, -0.15) is 0 Å². The van der Waals surface area contributed by atoms with Crippen LogP contribution in [0.25, 0.3) is 10.9 Å². The van der Waals surface area contributed by atoms with Crippen LogP contribution >= 0.6 is 0 Å². The van der Waals surface area contributed by atoms with E-state index in [-0.39, 0.29) is 41.0 Å². The van der Waals surface area contributed by atoms with E-state index in [2.05, 4.69) is 4.90 Å². The van der Waals surface area contributed by atoms with Gasteiger partial charge in [0.25, 0.3) is 11.8 Å². The summed E-state index contributed by atoms with van der Waals surface area (Å²) in [4.78, 5) is 58.6. The van der Waals surface area contributed by atoms with E-state index < -0.39 is 11.7 Å². The lowest BCUT2D eigenvalue weighted by Gasteiger charge is -2.44. The van der Waals surface area contributed by atoms with Gasteiger partial charge in [-0.05, 0) is 49.7 Å². The third-order valence-electron chi connectivity index (χ3n) is 7.16. The SMILES string of the molecule is CC1CN(C(=O)c2cn(C(=O)N(C)C)c3ccc(C(=O)C(=O)N(C)C)cc23)C(C)CN1Cc1ccc(F)cc1. The highest BCUT2D eigenvalue weighted by Crippen LogP contribution is 2.28. The Morgan fingerprint density at radius 1 is 0.897 bits per heavy atom. The molecule has 0 saturated carbocycles. The number of amides is 3. The number of fused-ring (bicyclic) bond motifs is 1. The molecule has 1 saturated heterocycles. The van der Waals surface area contributed by atoms with Crippen molar-refractivity contribution < 1.29 is 23.6 Å². The minimum atomic E-state index is -0.691. The van der Waals surface area contributed by atoms with Crippen molar-refractivity contribution in [2.45, 2.75) is 32.5 Å². The van der Waals surface area contributed by atoms with Gasteiger partial charge in [0, 0.05) is 77.1 Å². The number of ketones is 1. The highest BCUT2D eigenvalue weighted by atomic mass is 19.1. The number of hydrogen-bond acceptors (Lipinski definition) is 5. The van der Waals surface area contributed by atoms with Gasteiger partial charge >= 0.3 is 6.03 Å². The predicted molar refractivity (Wildman–Crippen MR) is 146 cm³/mol. The number of likely N-dealkylation sites (N-methyl/N-ethyl adjacent to an activating group) is 1. The highest BCUT2D eigenvalue weighted by molar-refractivity contribution is 6.43. The molecule has 0 bridgehead atoms. The number of carbonyl (C=O) groups excluding carboxylic acids is 4. The van der Waals surface area contributed by atoms with Crippen molar-refractivity contribution in [2.75, 3.05) is 41.3 Å². The number of benzene rings is 2. The lowest BCUT2D eigenvalue weighted by molar-refractivity contribution is -0.124. The van der Waals surface area contributed by atoms with E-state index in [1.165, 1.54) is 58.9 Å². The van der Waals surface area contributed by atoms with Crippen molar-refractivity contribution in [3.8, 4) is 0 Å². The zero-order valence-corrected chi connectivity index (χ0v) is 23.1. The minimum Gasteiger partial charge on any atom is -0.342 e. The summed E-state index contributed by atoms with van der Waals surface area (Å²) in [5.74, 6) is -1.90. The van der Waals surface area contributed by atoms with Gasteiger partial charge in [-0.3, -0.25) is 23.9 Å². The molecule has 2 heterocycles. The molecule has 0 N–H and O–H groups in total. The molecule has 4 rings (SSSR count). The van der Waals surface area contributed by atoms with Crippen LogP contribution in [0.4, 0.5) is 9.18 Å². The fourth-order valence-corrected chi connectivity index (χ4v) is 4.92. The average molecular weight is 536 g/mol. The molecule has 1 aliphatic heterocycles. The maximum absolute atomic E-state index is 14.0. The van der Waals surface area contributed by atoms with Crippen molar-refractivity contribution in [1.82, 2.24) is 24.2 Å². The Hall–Kier alpha value is -4.05. The fraction of sp³-hybridized carbons (Fsp3) is 0.379. The first-order valence-electron chi connectivity index (χ1n) is 12.8. The molecule has 2 aromatic carbocycles. The van der Waals surface area contributed by atoms with Crippen molar-refractivity contribution in [3.05, 3.63) is 71.2 Å². The van der Waals surface area contributed by atoms with Gasteiger partial charge in [0.05, 0.1) is 11.1 Å². The molecule has 0 radical (unpaired) electrons. The number of Topliss-reactive ketones (excluding diaryl/α,β-unsaturated/α-hetero) is 1. The smallest absolute Gasteiger partial charge is 0.328 e. The Labute approximate surface area is 227 Å². The van der Waals surface area contributed by atoms with Gasteiger partial charge < -0.3 is 14.7 Å². The van der Waals surface area contributed by atoms with Crippen molar-refractivity contribution >= 4 is 34.5 Å². The number of nitrogens with zero attached hydrogens (tertiary/aromatic N) is 5. The second-order valence-electron chi connectivity index (χ2n) is 10.6. The van der Waals surface area contributed by atoms with E-state index in [9.17, 15) is 23.6 Å². The first kappa shape index (κ1) is 28.0. The number of halogens is 1. The van der Waals surface area contributed by atoms with E-state index >= 15 is 0 Å². The Morgan fingerprint density at radius 2 is 1.56 bits per heavy atom. The van der Waals surface area contributed by atoms with E-state index in [1.807, 2.05) is 13.8 Å². The molecule has 2 unspecified atom stereocenters. The molecule has 10 heteroatoms. The molecule has 0 spiro atoms. The zero-order chi connectivity index (χ0) is 28.6. The molecule has 1 aliphatic rings. The third kappa shape index (κ3) is 5.56. The summed E-state index contributed by atoms with van der Waals surface area (Å²) in [5.41, 5.74) is 1.90. The fourth-order valence-electron chi connectivity index (χ4n) is 4.92. The summed E-state index contributed by atoms with van der Waals surface area (Å²) in [6.07, 6.45) is 1.51. The summed E-state index contributed by atoms with van der Waals surface area (Å²) in [7, 11) is 6.23. The second-order valence-corrected chi connectivity index (χ2v) is 10.6. The van der Waals surface area contributed by atoms with Crippen LogP contribution in [0.3, 0.4) is 0 Å². The molecule has 1 aromatic heterocycles. The highest BCUT2D eigenvalue weighted by Gasteiger charge is 2.34. The van der Waals surface area contributed by atoms with E-state index in [1.54, 1.807) is 37.2 Å². The van der Waals surface area contributed by atoms with Gasteiger partial charge in [-0.1, -0.05) is 12.1 Å². The lowest BCUT2D eigenvalue weighted by atomic mass is 10.0. The summed E-state index contributed by atoms with van der Waals surface area (Å²) in [5, 5.41) is 0.432. The Kier molecular flexibility index (Phi) is 7.87. The number of carbonyl (C=O) groups is 4. The summed E-state index contributed by atoms with van der Waals surface area (Å²) in [6.45, 7) is 5.71. The van der Waals surface area contributed by atoms with Gasteiger partial charge in [0.1, 0.15) is 5.82 Å². The van der Waals surface area contributed by atoms with Crippen LogP contribution in [0.5, 0.6) is 0 Å². The maximum Gasteiger partial charge on any atom is 0.328 e. The predicted octanol–water partition coefficient (Wildman–Crippen LogP) is 3.32. The summed E-state index contributed by atoms with van der Waals surface area (Å²) >= 11 is 0. The molecular weight excluding hydrogens is 501 g/mol. The van der Waals surface area contributed by atoms with Crippen molar-refractivity contribution in [1.29, 1.82) is 0 Å². The van der Waals surface area contributed by atoms with E-state index in [0.29, 0.717) is 30.5 Å². The van der Waals surface area contributed by atoms with Crippen molar-refractivity contribution in [2.24, 2.45) is 0 Å². The third-order valence-corrected chi connectivity index (χ3v) is 7.16. The van der Waals surface area contributed by atoms with Crippen LogP contribution in [0.1, 0.15) is 40.1 Å². The van der Waals surface area contributed by atoms with Gasteiger partial charge in [0.15, 0.2) is 0 Å². The number of aromatic nitrogens is 1. The molecule has 206 valence electrons. The normalized spacial score (nSPS) is 17.8. The average Bonchev–Trinajstić information content (AvgIpc) is 3.28. The van der Waals surface area contributed by atoms with E-state index in [0.717, 1.165) is 5.56 Å². The largest absolute Gasteiger partial charge is 0.342 e. The standard InChI is InChI=1S/C29H34FN5O4/c1-18-15-34(19(2)14-33(18)16-20-7-10-22(30)11-8-20)27(37)24-17-35(29(39)32(5)6)25-12-9-21(13-23(24)25)26(36)28(38)31(3)4/h7-13,17-19H,14-16H2,1-6H3. The number of piperazine rings is 1. The van der Waals surface area contributed by atoms with Crippen LogP contribution in [0.15, 0.2) is 48.7 Å². The van der Waals surface area contributed by atoms with Crippen LogP contribution in [0.2, 0.25) is 0 Å². The van der Waals surface area contributed by atoms with Crippen LogP contribution in [-0.2, 0) is 11.3 Å². The second kappa shape index (κ2) is 11.0. The van der Waals surface area contributed by atoms with Crippen LogP contribution in [-0.4, -0.2) is 101 Å². The Bertz CT molecular complexity index is 1430. The quantitative estimate of drug-likeness (QED) is 0.370. The van der Waals surface area contributed by atoms with Crippen LogP contribution < -0.4 is 0 Å². The summed E-state index contributed by atoms with van der Waals surface area (Å²) in [6, 6.07) is 10.6. The first-order chi connectivity index (χ1) is 18.4. The lowest BCUT2D eigenvalue weighted by Crippen LogP contribution is -2.57. The van der Waals surface area contributed by atoms with Gasteiger partial charge in [-0.25, -0.2) is 9.18 Å². The molecule has 9 nitrogen and oxygen atoms in total. The van der Waals surface area contributed by atoms with Gasteiger partial charge in [0.2, 0.25) is 5.78 Å². The minimum absolute atomic E-state index is 0.0295.